The van der Waals surface area contributed by atoms with Crippen LogP contribution < -0.4 is 5.32 Å². The molecule has 0 saturated carbocycles. The Kier molecular flexibility index (Phi) is 4.05. The summed E-state index contributed by atoms with van der Waals surface area (Å²) in [5.74, 6) is -0.314. The summed E-state index contributed by atoms with van der Waals surface area (Å²) in [4.78, 5) is 0. The topological polar surface area (TPSA) is 12.0 Å². The van der Waals surface area contributed by atoms with E-state index in [2.05, 4.69) is 5.32 Å². The highest BCUT2D eigenvalue weighted by Crippen LogP contribution is 2.34. The summed E-state index contributed by atoms with van der Waals surface area (Å²) in [6.07, 6.45) is 0.942. The molecule has 15 heavy (non-hydrogen) atoms. The highest BCUT2D eigenvalue weighted by atomic mass is 35.5. The molecule has 1 saturated heterocycles. The van der Waals surface area contributed by atoms with Gasteiger partial charge in [0.1, 0.15) is 11.5 Å². The lowest BCUT2D eigenvalue weighted by molar-refractivity contribution is 0.115. The molecule has 84 valence electrons. The molecule has 0 unspecified atom stereocenters. The van der Waals surface area contributed by atoms with Crippen molar-refractivity contribution in [2.75, 3.05) is 13.1 Å². The van der Waals surface area contributed by atoms with Gasteiger partial charge in [0.05, 0.1) is 0 Å². The maximum Gasteiger partial charge on any atom is 0.138 e. The van der Waals surface area contributed by atoms with Crippen molar-refractivity contribution < 1.29 is 8.78 Å². The van der Waals surface area contributed by atoms with Crippen LogP contribution in [-0.4, -0.2) is 13.1 Å². The van der Waals surface area contributed by atoms with Crippen LogP contribution >= 0.6 is 12.4 Å². The first kappa shape index (κ1) is 12.4. The van der Waals surface area contributed by atoms with Gasteiger partial charge in [-0.05, 0) is 43.6 Å². The van der Waals surface area contributed by atoms with Crippen molar-refractivity contribution in [1.82, 2.24) is 5.32 Å². The quantitative estimate of drug-likeness (QED) is 0.787. The third-order valence-corrected chi connectivity index (χ3v) is 2.76. The van der Waals surface area contributed by atoms with Crippen molar-refractivity contribution in [1.29, 1.82) is 0 Å². The Morgan fingerprint density at radius 3 is 2.13 bits per heavy atom. The molecule has 0 radical (unpaired) electrons. The van der Waals surface area contributed by atoms with E-state index in [0.29, 0.717) is 31.5 Å². The lowest BCUT2D eigenvalue weighted by Gasteiger charge is -2.30. The molecule has 1 nitrogen and oxygen atoms in total. The van der Waals surface area contributed by atoms with E-state index in [0.717, 1.165) is 0 Å². The first-order valence-electron chi connectivity index (χ1n) is 4.86. The second-order valence-corrected chi connectivity index (χ2v) is 3.72. The highest BCUT2D eigenvalue weighted by Gasteiger charge is 2.33. The van der Waals surface area contributed by atoms with Crippen LogP contribution in [0.2, 0.25) is 0 Å². The minimum atomic E-state index is -1.26. The van der Waals surface area contributed by atoms with Crippen molar-refractivity contribution in [3.8, 4) is 0 Å². The number of nitrogens with one attached hydrogen (secondary N) is 1. The maximum atomic E-state index is 14.3. The van der Waals surface area contributed by atoms with E-state index < -0.39 is 5.67 Å². The molecule has 1 aliphatic rings. The number of piperidine rings is 1. The Hall–Kier alpha value is -0.670. The van der Waals surface area contributed by atoms with Crippen molar-refractivity contribution in [3.63, 3.8) is 0 Å². The molecular formula is C11H14ClF2N. The second kappa shape index (κ2) is 4.90. The van der Waals surface area contributed by atoms with Crippen LogP contribution in [0.5, 0.6) is 0 Å². The number of halogens is 3. The van der Waals surface area contributed by atoms with Gasteiger partial charge in [-0.2, -0.15) is 0 Å². The average molecular weight is 234 g/mol. The number of hydrogen-bond acceptors (Lipinski definition) is 1. The fourth-order valence-corrected chi connectivity index (χ4v) is 1.86. The molecular weight excluding hydrogens is 220 g/mol. The molecule has 0 spiro atoms. The van der Waals surface area contributed by atoms with Crippen molar-refractivity contribution in [2.45, 2.75) is 18.5 Å². The zero-order valence-corrected chi connectivity index (χ0v) is 9.12. The van der Waals surface area contributed by atoms with Crippen LogP contribution in [0, 0.1) is 5.82 Å². The van der Waals surface area contributed by atoms with E-state index in [4.69, 9.17) is 0 Å². The van der Waals surface area contributed by atoms with Gasteiger partial charge in [0, 0.05) is 0 Å². The zero-order chi connectivity index (χ0) is 10.0. The van der Waals surface area contributed by atoms with Gasteiger partial charge in [-0.3, -0.25) is 0 Å². The van der Waals surface area contributed by atoms with Crippen LogP contribution in [0.3, 0.4) is 0 Å². The Bertz CT molecular complexity index is 307. The number of rotatable bonds is 1. The molecule has 2 rings (SSSR count). The van der Waals surface area contributed by atoms with E-state index in [1.54, 1.807) is 12.1 Å². The fourth-order valence-electron chi connectivity index (χ4n) is 1.86. The Morgan fingerprint density at radius 2 is 1.60 bits per heavy atom. The van der Waals surface area contributed by atoms with Gasteiger partial charge in [-0.1, -0.05) is 12.1 Å². The standard InChI is InChI=1S/C11H13F2N.ClH/c12-10-3-1-9(2-4-10)11(13)5-7-14-8-6-11;/h1-4,14H,5-8H2;1H. The van der Waals surface area contributed by atoms with Crippen LogP contribution in [0.4, 0.5) is 8.78 Å². The molecule has 1 aliphatic heterocycles. The number of benzene rings is 1. The van der Waals surface area contributed by atoms with Gasteiger partial charge < -0.3 is 5.32 Å². The fraction of sp³-hybridized carbons (Fsp3) is 0.455. The van der Waals surface area contributed by atoms with Crippen LogP contribution in [0.1, 0.15) is 18.4 Å². The van der Waals surface area contributed by atoms with E-state index in [9.17, 15) is 8.78 Å². The van der Waals surface area contributed by atoms with Gasteiger partial charge in [0.2, 0.25) is 0 Å². The number of hydrogen-bond donors (Lipinski definition) is 1. The first-order valence-corrected chi connectivity index (χ1v) is 4.86. The minimum Gasteiger partial charge on any atom is -0.316 e. The molecule has 4 heteroatoms. The van der Waals surface area contributed by atoms with Crippen LogP contribution in [0.15, 0.2) is 24.3 Å². The van der Waals surface area contributed by atoms with Crippen molar-refractivity contribution >= 4 is 12.4 Å². The van der Waals surface area contributed by atoms with Gasteiger partial charge in [0.15, 0.2) is 0 Å². The van der Waals surface area contributed by atoms with Gasteiger partial charge in [0.25, 0.3) is 0 Å². The van der Waals surface area contributed by atoms with Crippen LogP contribution in [0.25, 0.3) is 0 Å². The summed E-state index contributed by atoms with van der Waals surface area (Å²) < 4.78 is 26.9. The molecule has 0 atom stereocenters. The highest BCUT2D eigenvalue weighted by molar-refractivity contribution is 5.85. The summed E-state index contributed by atoms with van der Waals surface area (Å²) in [6, 6.07) is 5.72. The third kappa shape index (κ3) is 2.67. The normalized spacial score (nSPS) is 19.3. The summed E-state index contributed by atoms with van der Waals surface area (Å²) in [7, 11) is 0. The Balaban J connectivity index is 0.00000112. The predicted octanol–water partition coefficient (Wildman–Crippen LogP) is 2.80. The van der Waals surface area contributed by atoms with E-state index in [-0.39, 0.29) is 18.2 Å². The molecule has 0 aliphatic carbocycles. The lowest BCUT2D eigenvalue weighted by Crippen LogP contribution is -2.36. The van der Waals surface area contributed by atoms with Gasteiger partial charge in [-0.25, -0.2) is 8.78 Å². The Labute approximate surface area is 94.3 Å². The molecule has 0 bridgehead atoms. The van der Waals surface area contributed by atoms with Gasteiger partial charge in [-0.15, -0.1) is 12.4 Å². The Morgan fingerprint density at radius 1 is 1.07 bits per heavy atom. The summed E-state index contributed by atoms with van der Waals surface area (Å²) in [6.45, 7) is 1.38. The largest absolute Gasteiger partial charge is 0.316 e. The molecule has 0 aromatic heterocycles. The molecule has 1 N–H and O–H groups in total. The molecule has 1 heterocycles. The van der Waals surface area contributed by atoms with E-state index >= 15 is 0 Å². The molecule has 1 aromatic carbocycles. The SMILES string of the molecule is Cl.Fc1ccc(C2(F)CCNCC2)cc1. The summed E-state index contributed by atoms with van der Waals surface area (Å²) in [5.41, 5.74) is -0.667. The predicted molar refractivity (Wildman–Crippen MR) is 58.5 cm³/mol. The average Bonchev–Trinajstić information content (AvgIpc) is 2.19. The molecule has 0 amide bonds. The summed E-state index contributed by atoms with van der Waals surface area (Å²) in [5, 5.41) is 3.11. The van der Waals surface area contributed by atoms with E-state index in [1.807, 2.05) is 0 Å². The zero-order valence-electron chi connectivity index (χ0n) is 8.30. The third-order valence-electron chi connectivity index (χ3n) is 2.76. The van der Waals surface area contributed by atoms with E-state index in [1.165, 1.54) is 12.1 Å². The second-order valence-electron chi connectivity index (χ2n) is 3.72. The lowest BCUT2D eigenvalue weighted by atomic mass is 9.87. The first-order chi connectivity index (χ1) is 6.71. The number of alkyl halides is 1. The van der Waals surface area contributed by atoms with Gasteiger partial charge >= 0.3 is 0 Å². The smallest absolute Gasteiger partial charge is 0.138 e. The maximum absolute atomic E-state index is 14.3. The minimum absolute atomic E-state index is 0. The van der Waals surface area contributed by atoms with Crippen LogP contribution in [-0.2, 0) is 5.67 Å². The van der Waals surface area contributed by atoms with Crippen molar-refractivity contribution in [2.24, 2.45) is 0 Å². The van der Waals surface area contributed by atoms with Crippen molar-refractivity contribution in [3.05, 3.63) is 35.6 Å². The summed E-state index contributed by atoms with van der Waals surface area (Å²) >= 11 is 0. The molecule has 1 fully saturated rings. The monoisotopic (exact) mass is 233 g/mol. The molecule has 1 aromatic rings.